The molecule has 31 heavy (non-hydrogen) atoms. The summed E-state index contributed by atoms with van der Waals surface area (Å²) in [5.74, 6) is 0.916. The first-order chi connectivity index (χ1) is 15.0. The molecule has 0 aliphatic carbocycles. The first-order valence-corrected chi connectivity index (χ1v) is 10.4. The van der Waals surface area contributed by atoms with Crippen LogP contribution in [-0.2, 0) is 0 Å². The van der Waals surface area contributed by atoms with Crippen molar-refractivity contribution in [2.45, 2.75) is 18.6 Å². The third-order valence-corrected chi connectivity index (χ3v) is 5.95. The summed E-state index contributed by atoms with van der Waals surface area (Å²) in [5.41, 5.74) is 2.37. The van der Waals surface area contributed by atoms with Crippen LogP contribution in [-0.4, -0.2) is 17.6 Å². The van der Waals surface area contributed by atoms with E-state index in [0.29, 0.717) is 34.2 Å². The lowest BCUT2D eigenvalue weighted by molar-refractivity contribution is 0.174. The van der Waals surface area contributed by atoms with Crippen LogP contribution < -0.4 is 14.8 Å². The maximum absolute atomic E-state index is 14.7. The van der Waals surface area contributed by atoms with Gasteiger partial charge in [-0.25, -0.2) is 4.39 Å². The minimum atomic E-state index is -0.758. The van der Waals surface area contributed by atoms with Gasteiger partial charge in [-0.2, -0.15) is 0 Å². The molecule has 158 valence electrons. The Hall–Kier alpha value is -2.80. The van der Waals surface area contributed by atoms with Crippen molar-refractivity contribution in [3.05, 3.63) is 87.2 Å². The number of aromatic hydroxyl groups is 1. The lowest BCUT2D eigenvalue weighted by atomic mass is 9.93. The van der Waals surface area contributed by atoms with Gasteiger partial charge < -0.3 is 14.6 Å². The van der Waals surface area contributed by atoms with Gasteiger partial charge in [0.2, 0.25) is 6.79 Å². The molecule has 3 aromatic rings. The van der Waals surface area contributed by atoms with E-state index in [1.807, 2.05) is 18.2 Å². The molecule has 2 aliphatic rings. The van der Waals surface area contributed by atoms with E-state index in [-0.39, 0.29) is 29.2 Å². The summed E-state index contributed by atoms with van der Waals surface area (Å²) >= 11 is 12.5. The van der Waals surface area contributed by atoms with Gasteiger partial charge in [0, 0.05) is 34.3 Å². The van der Waals surface area contributed by atoms with Crippen LogP contribution in [0.15, 0.2) is 59.6 Å². The quantitative estimate of drug-likeness (QED) is 0.521. The van der Waals surface area contributed by atoms with Gasteiger partial charge in [0.15, 0.2) is 11.5 Å². The van der Waals surface area contributed by atoms with Crippen LogP contribution in [0.4, 0.5) is 4.39 Å². The minimum Gasteiger partial charge on any atom is -0.508 e. The first kappa shape index (κ1) is 20.1. The Labute approximate surface area is 188 Å². The van der Waals surface area contributed by atoms with Crippen molar-refractivity contribution < 1.29 is 19.0 Å². The summed E-state index contributed by atoms with van der Waals surface area (Å²) in [6.45, 7) is 0.166. The van der Waals surface area contributed by atoms with Crippen molar-refractivity contribution >= 4 is 28.9 Å². The normalized spacial score (nSPS) is 19.9. The topological polar surface area (TPSA) is 63.1 Å². The number of fused-ring (bicyclic) bond motifs is 1. The summed E-state index contributed by atoms with van der Waals surface area (Å²) < 4.78 is 25.6. The van der Waals surface area contributed by atoms with E-state index in [9.17, 15) is 9.50 Å². The van der Waals surface area contributed by atoms with E-state index in [1.54, 1.807) is 24.3 Å². The zero-order valence-corrected chi connectivity index (χ0v) is 17.6. The van der Waals surface area contributed by atoms with Crippen LogP contribution in [0, 0.1) is 5.82 Å². The van der Waals surface area contributed by atoms with E-state index < -0.39 is 12.0 Å². The smallest absolute Gasteiger partial charge is 0.231 e. The Morgan fingerprint density at radius 1 is 1.03 bits per heavy atom. The molecule has 0 bridgehead atoms. The fraction of sp³-hybridized carbons (Fsp3) is 0.174. The maximum atomic E-state index is 14.7. The number of phenols is 1. The number of rotatable bonds is 3. The molecule has 0 amide bonds. The van der Waals surface area contributed by atoms with Gasteiger partial charge in [0.05, 0.1) is 5.02 Å². The largest absolute Gasteiger partial charge is 0.508 e. The summed E-state index contributed by atoms with van der Waals surface area (Å²) in [7, 11) is 0. The van der Waals surface area contributed by atoms with Crippen LogP contribution in [0.5, 0.6) is 17.2 Å². The van der Waals surface area contributed by atoms with Gasteiger partial charge in [-0.05, 0) is 54.1 Å². The molecule has 0 saturated carbocycles. The van der Waals surface area contributed by atoms with Gasteiger partial charge in [0.1, 0.15) is 17.7 Å². The lowest BCUT2D eigenvalue weighted by Crippen LogP contribution is -2.33. The Balaban J connectivity index is 1.61. The van der Waals surface area contributed by atoms with E-state index in [1.165, 1.54) is 12.1 Å². The van der Waals surface area contributed by atoms with Crippen molar-refractivity contribution in [1.82, 2.24) is 5.32 Å². The molecule has 2 N–H and O–H groups in total. The number of aliphatic imine (C=N–C) groups is 1. The number of ether oxygens (including phenoxy) is 2. The van der Waals surface area contributed by atoms with E-state index >= 15 is 0 Å². The monoisotopic (exact) mass is 458 g/mol. The Bertz CT molecular complexity index is 1180. The van der Waals surface area contributed by atoms with Crippen LogP contribution in [0.2, 0.25) is 10.0 Å². The summed E-state index contributed by atoms with van der Waals surface area (Å²) in [5, 5.41) is 14.5. The predicted octanol–water partition coefficient (Wildman–Crippen LogP) is 5.79. The highest BCUT2D eigenvalue weighted by molar-refractivity contribution is 6.31. The fourth-order valence-corrected chi connectivity index (χ4v) is 4.33. The molecule has 5 nitrogen and oxygen atoms in total. The molecule has 0 aromatic heterocycles. The molecule has 3 aromatic carbocycles. The second-order valence-corrected chi connectivity index (χ2v) is 8.15. The Morgan fingerprint density at radius 2 is 1.87 bits per heavy atom. The van der Waals surface area contributed by atoms with Crippen molar-refractivity contribution in [2.75, 3.05) is 6.79 Å². The molecule has 2 aliphatic heterocycles. The Kier molecular flexibility index (Phi) is 5.22. The summed E-state index contributed by atoms with van der Waals surface area (Å²) in [4.78, 5) is 4.77. The standard InChI is InChI=1S/C23H17Cl2FN2O3/c24-13-5-6-19(29)14(9-13)18-10-17(12-4-7-20-21(8-12)31-11-30-20)27-23(28-18)22-15(25)2-1-3-16(22)26/h1-9,18,23,28-29H,10-11H2/t18-,23+/m0/s1. The highest BCUT2D eigenvalue weighted by Gasteiger charge is 2.31. The predicted molar refractivity (Wildman–Crippen MR) is 117 cm³/mol. The maximum Gasteiger partial charge on any atom is 0.231 e. The molecule has 0 fully saturated rings. The minimum absolute atomic E-state index is 0.0900. The van der Waals surface area contributed by atoms with E-state index in [4.69, 9.17) is 37.7 Å². The third-order valence-electron chi connectivity index (χ3n) is 5.39. The molecule has 0 spiro atoms. The van der Waals surface area contributed by atoms with Crippen molar-refractivity contribution in [3.8, 4) is 17.2 Å². The second kappa shape index (κ2) is 8.04. The number of phenolic OH excluding ortho intramolecular Hbond substituents is 1. The molecule has 2 atom stereocenters. The molecule has 0 saturated heterocycles. The van der Waals surface area contributed by atoms with Crippen molar-refractivity contribution in [3.63, 3.8) is 0 Å². The van der Waals surface area contributed by atoms with Gasteiger partial charge in [-0.3, -0.25) is 10.3 Å². The molecular formula is C23H17Cl2FN2O3. The van der Waals surface area contributed by atoms with Gasteiger partial charge in [-0.1, -0.05) is 29.3 Å². The van der Waals surface area contributed by atoms with Crippen molar-refractivity contribution in [2.24, 2.45) is 4.99 Å². The van der Waals surface area contributed by atoms with E-state index in [0.717, 1.165) is 5.56 Å². The zero-order valence-electron chi connectivity index (χ0n) is 16.1. The van der Waals surface area contributed by atoms with Crippen LogP contribution >= 0.6 is 23.2 Å². The number of hydrogen-bond acceptors (Lipinski definition) is 5. The zero-order chi connectivity index (χ0) is 21.5. The molecule has 2 heterocycles. The Morgan fingerprint density at radius 3 is 2.71 bits per heavy atom. The average Bonchev–Trinajstić information content (AvgIpc) is 3.23. The highest BCUT2D eigenvalue weighted by Crippen LogP contribution is 2.39. The van der Waals surface area contributed by atoms with Crippen molar-refractivity contribution in [1.29, 1.82) is 0 Å². The lowest BCUT2D eigenvalue weighted by Gasteiger charge is -2.31. The van der Waals surface area contributed by atoms with Gasteiger partial charge in [-0.15, -0.1) is 0 Å². The van der Waals surface area contributed by atoms with Gasteiger partial charge >= 0.3 is 0 Å². The van der Waals surface area contributed by atoms with Crippen LogP contribution in [0.1, 0.15) is 35.3 Å². The number of hydrogen-bond donors (Lipinski definition) is 2. The number of halogens is 3. The average molecular weight is 459 g/mol. The van der Waals surface area contributed by atoms with Crippen LogP contribution in [0.25, 0.3) is 0 Å². The fourth-order valence-electron chi connectivity index (χ4n) is 3.88. The molecule has 0 radical (unpaired) electrons. The SMILES string of the molecule is Oc1ccc(Cl)cc1[C@@H]1CC(c2ccc3c(c2)OCO3)=N[C@@H](c2c(F)cccc2Cl)N1. The molecule has 0 unspecified atom stereocenters. The first-order valence-electron chi connectivity index (χ1n) is 9.64. The number of nitrogens with one attached hydrogen (secondary N) is 1. The van der Waals surface area contributed by atoms with Crippen LogP contribution in [0.3, 0.4) is 0 Å². The number of nitrogens with zero attached hydrogens (tertiary/aromatic N) is 1. The number of benzene rings is 3. The summed E-state index contributed by atoms with van der Waals surface area (Å²) in [6.07, 6.45) is -0.318. The molecular weight excluding hydrogens is 442 g/mol. The van der Waals surface area contributed by atoms with E-state index in [2.05, 4.69) is 5.32 Å². The molecule has 8 heteroatoms. The third kappa shape index (κ3) is 3.83. The second-order valence-electron chi connectivity index (χ2n) is 7.31. The highest BCUT2D eigenvalue weighted by atomic mass is 35.5. The molecule has 5 rings (SSSR count). The van der Waals surface area contributed by atoms with Gasteiger partial charge in [0.25, 0.3) is 0 Å². The summed E-state index contributed by atoms with van der Waals surface area (Å²) in [6, 6.07) is 14.5.